The van der Waals surface area contributed by atoms with E-state index in [4.69, 9.17) is 5.73 Å². The minimum absolute atomic E-state index is 0.0277. The van der Waals surface area contributed by atoms with Crippen LogP contribution in [-0.2, 0) is 6.54 Å². The van der Waals surface area contributed by atoms with Gasteiger partial charge in [-0.05, 0) is 12.5 Å². The lowest BCUT2D eigenvalue weighted by Gasteiger charge is -2.09. The van der Waals surface area contributed by atoms with Gasteiger partial charge in [-0.15, -0.1) is 0 Å². The molecule has 0 spiro atoms. The highest BCUT2D eigenvalue weighted by atomic mass is 19.3. The van der Waals surface area contributed by atoms with Crippen LogP contribution in [0.4, 0.5) is 8.78 Å². The number of aromatic nitrogens is 1. The van der Waals surface area contributed by atoms with Crippen molar-refractivity contribution in [3.63, 3.8) is 0 Å². The molecule has 1 heterocycles. The van der Waals surface area contributed by atoms with Gasteiger partial charge in [0.05, 0.1) is 0 Å². The largest absolute Gasteiger partial charge is 0.505 e. The van der Waals surface area contributed by atoms with Gasteiger partial charge in [0.1, 0.15) is 11.4 Å². The van der Waals surface area contributed by atoms with Gasteiger partial charge in [0.25, 0.3) is 6.43 Å². The standard InChI is InChI=1S/C8H10F2N2O/c1-4-3-12-6(8(9)10)7(13)5(4)2-11/h3,8,13H,2,11H2,1H3. The lowest BCUT2D eigenvalue weighted by Crippen LogP contribution is -2.03. The monoisotopic (exact) mass is 188 g/mol. The Morgan fingerprint density at radius 1 is 1.62 bits per heavy atom. The number of aromatic hydroxyl groups is 1. The fraction of sp³-hybridized carbons (Fsp3) is 0.375. The van der Waals surface area contributed by atoms with E-state index in [0.717, 1.165) is 0 Å². The van der Waals surface area contributed by atoms with Crippen molar-refractivity contribution in [2.45, 2.75) is 19.9 Å². The first-order valence-corrected chi connectivity index (χ1v) is 3.73. The number of nitrogens with two attached hydrogens (primary N) is 1. The zero-order valence-electron chi connectivity index (χ0n) is 7.09. The Balaban J connectivity index is 3.27. The smallest absolute Gasteiger partial charge is 0.284 e. The van der Waals surface area contributed by atoms with E-state index in [1.54, 1.807) is 6.92 Å². The van der Waals surface area contributed by atoms with Crippen molar-refractivity contribution >= 4 is 0 Å². The molecule has 1 aromatic heterocycles. The van der Waals surface area contributed by atoms with E-state index in [1.807, 2.05) is 0 Å². The van der Waals surface area contributed by atoms with E-state index >= 15 is 0 Å². The summed E-state index contributed by atoms with van der Waals surface area (Å²) in [6, 6.07) is 0. The number of hydrogen-bond donors (Lipinski definition) is 2. The quantitative estimate of drug-likeness (QED) is 0.739. The van der Waals surface area contributed by atoms with Crippen molar-refractivity contribution in [2.75, 3.05) is 0 Å². The highest BCUT2D eigenvalue weighted by molar-refractivity contribution is 5.40. The third-order valence-corrected chi connectivity index (χ3v) is 1.81. The van der Waals surface area contributed by atoms with Gasteiger partial charge < -0.3 is 10.8 Å². The molecule has 5 heteroatoms. The summed E-state index contributed by atoms with van der Waals surface area (Å²) in [6.07, 6.45) is -1.49. The van der Waals surface area contributed by atoms with Gasteiger partial charge in [-0.1, -0.05) is 0 Å². The van der Waals surface area contributed by atoms with Crippen LogP contribution in [0.5, 0.6) is 5.75 Å². The zero-order chi connectivity index (χ0) is 10.0. The minimum Gasteiger partial charge on any atom is -0.505 e. The van der Waals surface area contributed by atoms with Gasteiger partial charge in [-0.3, -0.25) is 4.98 Å². The molecule has 1 aromatic rings. The van der Waals surface area contributed by atoms with E-state index in [9.17, 15) is 13.9 Å². The molecule has 0 atom stereocenters. The maximum atomic E-state index is 12.2. The predicted octanol–water partition coefficient (Wildman–Crippen LogP) is 1.49. The summed E-state index contributed by atoms with van der Waals surface area (Å²) in [5, 5.41) is 9.32. The van der Waals surface area contributed by atoms with Crippen LogP contribution in [0.2, 0.25) is 0 Å². The third kappa shape index (κ3) is 1.75. The van der Waals surface area contributed by atoms with Crippen molar-refractivity contribution < 1.29 is 13.9 Å². The van der Waals surface area contributed by atoms with Crippen molar-refractivity contribution in [1.82, 2.24) is 4.98 Å². The molecule has 13 heavy (non-hydrogen) atoms. The first-order chi connectivity index (χ1) is 6.07. The number of alkyl halides is 2. The van der Waals surface area contributed by atoms with Crippen LogP contribution in [-0.4, -0.2) is 10.1 Å². The van der Waals surface area contributed by atoms with E-state index < -0.39 is 17.9 Å². The zero-order valence-corrected chi connectivity index (χ0v) is 7.09. The first-order valence-electron chi connectivity index (χ1n) is 3.73. The lowest BCUT2D eigenvalue weighted by molar-refractivity contribution is 0.141. The number of halogens is 2. The first kappa shape index (κ1) is 9.85. The fourth-order valence-electron chi connectivity index (χ4n) is 1.06. The predicted molar refractivity (Wildman–Crippen MR) is 43.5 cm³/mol. The van der Waals surface area contributed by atoms with Gasteiger partial charge in [-0.25, -0.2) is 8.78 Å². The molecule has 0 radical (unpaired) electrons. The van der Waals surface area contributed by atoms with Crippen LogP contribution in [0.15, 0.2) is 6.20 Å². The van der Waals surface area contributed by atoms with E-state index in [-0.39, 0.29) is 6.54 Å². The Morgan fingerprint density at radius 2 is 2.23 bits per heavy atom. The summed E-state index contributed by atoms with van der Waals surface area (Å²) < 4.78 is 24.4. The second-order valence-corrected chi connectivity index (χ2v) is 2.66. The van der Waals surface area contributed by atoms with Crippen molar-refractivity contribution in [2.24, 2.45) is 5.73 Å². The SMILES string of the molecule is Cc1cnc(C(F)F)c(O)c1CN. The number of pyridine rings is 1. The molecular formula is C8H10F2N2O. The van der Waals surface area contributed by atoms with Crippen LogP contribution in [0.25, 0.3) is 0 Å². The van der Waals surface area contributed by atoms with Crippen molar-refractivity contribution in [3.05, 3.63) is 23.0 Å². The Bertz CT molecular complexity index is 315. The Labute approximate surface area is 74.2 Å². The molecule has 1 rings (SSSR count). The second-order valence-electron chi connectivity index (χ2n) is 2.66. The van der Waals surface area contributed by atoms with Gasteiger partial charge in [0.2, 0.25) is 0 Å². The summed E-state index contributed by atoms with van der Waals surface area (Å²) in [4.78, 5) is 3.43. The van der Waals surface area contributed by atoms with E-state index in [2.05, 4.69) is 4.98 Å². The van der Waals surface area contributed by atoms with Gasteiger partial charge in [0, 0.05) is 18.3 Å². The number of aryl methyl sites for hydroxylation is 1. The second kappa shape index (κ2) is 3.66. The molecule has 0 saturated heterocycles. The summed E-state index contributed by atoms with van der Waals surface area (Å²) in [5.41, 5.74) is 5.62. The van der Waals surface area contributed by atoms with Crippen LogP contribution in [0.3, 0.4) is 0 Å². The van der Waals surface area contributed by atoms with Crippen molar-refractivity contribution in [1.29, 1.82) is 0 Å². The maximum absolute atomic E-state index is 12.2. The molecule has 0 aromatic carbocycles. The normalized spacial score (nSPS) is 10.8. The average molecular weight is 188 g/mol. The molecule has 0 saturated carbocycles. The van der Waals surface area contributed by atoms with Crippen molar-refractivity contribution in [3.8, 4) is 5.75 Å². The topological polar surface area (TPSA) is 59.1 Å². The van der Waals surface area contributed by atoms with Crippen LogP contribution in [0.1, 0.15) is 23.2 Å². The fourth-order valence-corrected chi connectivity index (χ4v) is 1.06. The van der Waals surface area contributed by atoms with Gasteiger partial charge in [0.15, 0.2) is 0 Å². The number of rotatable bonds is 2. The van der Waals surface area contributed by atoms with Gasteiger partial charge in [-0.2, -0.15) is 0 Å². The highest BCUT2D eigenvalue weighted by Gasteiger charge is 2.18. The number of hydrogen-bond acceptors (Lipinski definition) is 3. The Morgan fingerprint density at radius 3 is 2.69 bits per heavy atom. The molecule has 0 aliphatic heterocycles. The van der Waals surface area contributed by atoms with E-state index in [1.165, 1.54) is 6.20 Å². The number of nitrogens with zero attached hydrogens (tertiary/aromatic N) is 1. The Hall–Kier alpha value is -1.23. The summed E-state index contributed by atoms with van der Waals surface area (Å²) >= 11 is 0. The molecule has 0 fully saturated rings. The summed E-state index contributed by atoms with van der Waals surface area (Å²) in [5.74, 6) is -0.488. The summed E-state index contributed by atoms with van der Waals surface area (Å²) in [6.45, 7) is 1.68. The van der Waals surface area contributed by atoms with E-state index in [0.29, 0.717) is 11.1 Å². The molecule has 0 aliphatic carbocycles. The third-order valence-electron chi connectivity index (χ3n) is 1.81. The molecule has 0 amide bonds. The van der Waals surface area contributed by atoms with Crippen LogP contribution >= 0.6 is 0 Å². The molecule has 72 valence electrons. The molecule has 3 nitrogen and oxygen atoms in total. The molecule has 3 N–H and O–H groups in total. The molecular weight excluding hydrogens is 178 g/mol. The minimum atomic E-state index is -2.77. The van der Waals surface area contributed by atoms with Crippen LogP contribution in [0, 0.1) is 6.92 Å². The molecule has 0 bridgehead atoms. The summed E-state index contributed by atoms with van der Waals surface area (Å²) in [7, 11) is 0. The molecule has 0 aliphatic rings. The highest BCUT2D eigenvalue weighted by Crippen LogP contribution is 2.30. The lowest BCUT2D eigenvalue weighted by atomic mass is 10.1. The van der Waals surface area contributed by atoms with Gasteiger partial charge >= 0.3 is 0 Å². The van der Waals surface area contributed by atoms with Crippen LogP contribution < -0.4 is 5.73 Å². The Kier molecular flexibility index (Phi) is 2.77. The maximum Gasteiger partial charge on any atom is 0.284 e. The molecule has 0 unspecified atom stereocenters. The average Bonchev–Trinajstić information content (AvgIpc) is 2.04.